The first-order valence-corrected chi connectivity index (χ1v) is 9.85. The molecule has 3 fully saturated rings. The summed E-state index contributed by atoms with van der Waals surface area (Å²) in [7, 11) is -3.15. The van der Waals surface area contributed by atoms with Gasteiger partial charge in [-0.3, -0.25) is 9.46 Å². The predicted molar refractivity (Wildman–Crippen MR) is 84.4 cm³/mol. The van der Waals surface area contributed by atoms with Crippen LogP contribution in [0.15, 0.2) is 5.18 Å². The lowest BCUT2D eigenvalue weighted by molar-refractivity contribution is 0.0212. The van der Waals surface area contributed by atoms with Gasteiger partial charge in [-0.1, -0.05) is 0 Å². The summed E-state index contributed by atoms with van der Waals surface area (Å²) >= 11 is 0. The van der Waals surface area contributed by atoms with Crippen LogP contribution in [0.5, 0.6) is 0 Å². The molecule has 3 saturated heterocycles. The van der Waals surface area contributed by atoms with E-state index in [-0.39, 0.29) is 0 Å². The molecule has 0 spiro atoms. The van der Waals surface area contributed by atoms with E-state index < -0.39 is 13.4 Å². The molecule has 132 valence electrons. The van der Waals surface area contributed by atoms with Gasteiger partial charge in [-0.25, -0.2) is 9.34 Å². The highest BCUT2D eigenvalue weighted by Gasteiger charge is 2.49. The van der Waals surface area contributed by atoms with Gasteiger partial charge in [0.15, 0.2) is 0 Å². The van der Waals surface area contributed by atoms with Crippen LogP contribution < -0.4 is 0 Å². The maximum absolute atomic E-state index is 14.1. The van der Waals surface area contributed by atoms with E-state index in [4.69, 9.17) is 14.2 Å². The van der Waals surface area contributed by atoms with Gasteiger partial charge < -0.3 is 14.2 Å². The van der Waals surface area contributed by atoms with Gasteiger partial charge >= 0.3 is 0 Å². The van der Waals surface area contributed by atoms with Crippen LogP contribution in [-0.2, 0) is 18.8 Å². The van der Waals surface area contributed by atoms with E-state index in [0.717, 1.165) is 0 Å². The Kier molecular flexibility index (Phi) is 6.14. The van der Waals surface area contributed by atoms with Crippen molar-refractivity contribution in [3.63, 3.8) is 0 Å². The molecule has 10 heteroatoms. The van der Waals surface area contributed by atoms with Crippen LogP contribution in [0.3, 0.4) is 0 Å². The van der Waals surface area contributed by atoms with Gasteiger partial charge in [0.1, 0.15) is 0 Å². The minimum Gasteiger partial charge on any atom is -0.379 e. The second-order valence-corrected chi connectivity index (χ2v) is 8.59. The Morgan fingerprint density at radius 1 is 0.739 bits per heavy atom. The summed E-state index contributed by atoms with van der Waals surface area (Å²) in [5.41, 5.74) is 0. The Balaban J connectivity index is 1.87. The van der Waals surface area contributed by atoms with Crippen LogP contribution >= 0.6 is 7.44 Å². The Morgan fingerprint density at radius 2 is 1.13 bits per heavy atom. The number of ether oxygens (including phenoxy) is 3. The third-order valence-corrected chi connectivity index (χ3v) is 8.00. The molecule has 0 aromatic heterocycles. The van der Waals surface area contributed by atoms with Crippen molar-refractivity contribution in [2.45, 2.75) is 5.91 Å². The lowest BCUT2D eigenvalue weighted by Crippen LogP contribution is -2.51. The van der Waals surface area contributed by atoms with Crippen molar-refractivity contribution in [2.75, 3.05) is 78.9 Å². The average molecular weight is 348 g/mol. The maximum atomic E-state index is 14.1. The van der Waals surface area contributed by atoms with Gasteiger partial charge in [-0.2, -0.15) is 0 Å². The molecule has 23 heavy (non-hydrogen) atoms. The van der Waals surface area contributed by atoms with Crippen LogP contribution in [0.4, 0.5) is 0 Å². The summed E-state index contributed by atoms with van der Waals surface area (Å²) in [5, 5.41) is 3.33. The van der Waals surface area contributed by atoms with Crippen molar-refractivity contribution in [1.82, 2.24) is 14.2 Å². The molecule has 0 saturated carbocycles. The SMILES string of the molecule is O=NC(N1CCOCC1)P(=O)(N1CCOCC1)N1CCOCC1. The van der Waals surface area contributed by atoms with E-state index in [2.05, 4.69) is 5.18 Å². The van der Waals surface area contributed by atoms with Crippen LogP contribution in [0.2, 0.25) is 0 Å². The molecule has 0 aliphatic carbocycles. The van der Waals surface area contributed by atoms with Crippen molar-refractivity contribution >= 4 is 7.44 Å². The number of hydrogen-bond donors (Lipinski definition) is 0. The van der Waals surface area contributed by atoms with Crippen LogP contribution in [-0.4, -0.2) is 99.1 Å². The standard InChI is InChI=1S/C13H25N4O5P/c18-14-13(15-1-7-20-8-2-15)23(19,16-3-9-21-10-4-16)17-5-11-22-12-6-17/h13H,1-12H2. The van der Waals surface area contributed by atoms with Gasteiger partial charge in [0.2, 0.25) is 5.91 Å². The largest absolute Gasteiger partial charge is 0.379 e. The topological polar surface area (TPSA) is 83.9 Å². The first-order valence-electron chi connectivity index (χ1n) is 8.17. The molecule has 1 unspecified atom stereocenters. The summed E-state index contributed by atoms with van der Waals surface area (Å²) in [4.78, 5) is 13.6. The Morgan fingerprint density at radius 3 is 1.52 bits per heavy atom. The normalized spacial score (nSPS) is 27.7. The third-order valence-electron chi connectivity index (χ3n) is 4.55. The Labute approximate surface area is 136 Å². The molecule has 0 bridgehead atoms. The fourth-order valence-corrected chi connectivity index (χ4v) is 6.49. The summed E-state index contributed by atoms with van der Waals surface area (Å²) in [6.45, 7) is 6.60. The smallest absolute Gasteiger partial charge is 0.258 e. The Hall–Kier alpha value is -0.410. The molecule has 0 aromatic carbocycles. The molecule has 3 aliphatic heterocycles. The van der Waals surface area contributed by atoms with Gasteiger partial charge in [-0.05, 0) is 5.18 Å². The van der Waals surface area contributed by atoms with Gasteiger partial charge in [0, 0.05) is 39.3 Å². The molecule has 3 rings (SSSR count). The van der Waals surface area contributed by atoms with E-state index in [1.165, 1.54) is 0 Å². The highest BCUT2D eigenvalue weighted by molar-refractivity contribution is 7.59. The number of rotatable bonds is 5. The molecule has 3 aliphatic rings. The summed E-state index contributed by atoms with van der Waals surface area (Å²) < 4.78 is 34.1. The fraction of sp³-hybridized carbons (Fsp3) is 1.00. The zero-order chi connectivity index (χ0) is 16.1. The lowest BCUT2D eigenvalue weighted by Gasteiger charge is -2.46. The molecular weight excluding hydrogens is 323 g/mol. The molecule has 0 aromatic rings. The van der Waals surface area contributed by atoms with E-state index in [0.29, 0.717) is 78.9 Å². The zero-order valence-corrected chi connectivity index (χ0v) is 14.2. The summed E-state index contributed by atoms with van der Waals surface area (Å²) in [6.07, 6.45) is 0. The second-order valence-electron chi connectivity index (χ2n) is 5.82. The fourth-order valence-electron chi connectivity index (χ4n) is 3.30. The number of hydrogen-bond acceptors (Lipinski definition) is 7. The number of morpholine rings is 3. The molecule has 1 atom stereocenters. The lowest BCUT2D eigenvalue weighted by atomic mass is 10.4. The highest BCUT2D eigenvalue weighted by Crippen LogP contribution is 2.59. The maximum Gasteiger partial charge on any atom is 0.258 e. The number of nitroso groups, excluding NO2 is 1. The quantitative estimate of drug-likeness (QED) is 0.516. The van der Waals surface area contributed by atoms with E-state index >= 15 is 0 Å². The van der Waals surface area contributed by atoms with Crippen LogP contribution in [0, 0.1) is 4.91 Å². The van der Waals surface area contributed by atoms with Gasteiger partial charge in [0.25, 0.3) is 7.44 Å². The van der Waals surface area contributed by atoms with Crippen molar-refractivity contribution in [3.8, 4) is 0 Å². The molecule has 0 amide bonds. The second kappa shape index (κ2) is 8.11. The molecule has 0 N–H and O–H groups in total. The third kappa shape index (κ3) is 3.66. The van der Waals surface area contributed by atoms with Crippen molar-refractivity contribution in [1.29, 1.82) is 0 Å². The minimum atomic E-state index is -3.15. The Bertz CT molecular complexity index is 414. The van der Waals surface area contributed by atoms with Crippen molar-refractivity contribution in [3.05, 3.63) is 4.91 Å². The highest BCUT2D eigenvalue weighted by atomic mass is 31.2. The van der Waals surface area contributed by atoms with Crippen LogP contribution in [0.25, 0.3) is 0 Å². The average Bonchev–Trinajstić information content (AvgIpc) is 2.64. The minimum absolute atomic E-state index is 0.531. The summed E-state index contributed by atoms with van der Waals surface area (Å²) in [6, 6.07) is 0. The van der Waals surface area contributed by atoms with E-state index in [1.54, 1.807) is 0 Å². The summed E-state index contributed by atoms with van der Waals surface area (Å²) in [5.74, 6) is -0.859. The molecular formula is C13H25N4O5P. The van der Waals surface area contributed by atoms with Gasteiger partial charge in [0.05, 0.1) is 39.6 Å². The predicted octanol–water partition coefficient (Wildman–Crippen LogP) is 0.226. The van der Waals surface area contributed by atoms with Crippen LogP contribution in [0.1, 0.15) is 0 Å². The molecule has 9 nitrogen and oxygen atoms in total. The van der Waals surface area contributed by atoms with Gasteiger partial charge in [-0.15, -0.1) is 4.91 Å². The molecule has 3 heterocycles. The zero-order valence-electron chi connectivity index (χ0n) is 13.3. The van der Waals surface area contributed by atoms with E-state index in [9.17, 15) is 9.47 Å². The first-order chi connectivity index (χ1) is 11.3. The van der Waals surface area contributed by atoms with E-state index in [1.807, 2.05) is 14.2 Å². The molecule has 0 radical (unpaired) electrons. The van der Waals surface area contributed by atoms with Crippen molar-refractivity contribution < 1.29 is 18.8 Å². The number of nitrogens with zero attached hydrogens (tertiary/aromatic N) is 4. The first kappa shape index (κ1) is 17.4. The monoisotopic (exact) mass is 348 g/mol. The van der Waals surface area contributed by atoms with Crippen molar-refractivity contribution in [2.24, 2.45) is 5.18 Å².